The first-order valence-corrected chi connectivity index (χ1v) is 11.1. The summed E-state index contributed by atoms with van der Waals surface area (Å²) >= 11 is 0. The van der Waals surface area contributed by atoms with Gasteiger partial charge in [0.25, 0.3) is 0 Å². The molecule has 1 atom stereocenters. The number of nitrogens with zero attached hydrogens (tertiary/aromatic N) is 2. The standard InChI is InChI=1S/C28H26N2O4/c1-21-17-19-29-27(30-21)34-25(26(31)32)28(23-13-7-3-8-14-23,24-15-9-4-10-16-24)33-20-18-22-11-5-2-6-12-22/h2-17,19,25H,18,20H2,1H3,(H,31,32)/t25-/m0/s1. The van der Waals surface area contributed by atoms with E-state index in [0.717, 1.165) is 5.56 Å². The molecule has 3 aromatic carbocycles. The van der Waals surface area contributed by atoms with Crippen molar-refractivity contribution in [3.8, 4) is 6.01 Å². The normalized spacial score (nSPS) is 12.1. The summed E-state index contributed by atoms with van der Waals surface area (Å²) in [5.41, 5.74) is 1.64. The molecule has 1 aromatic heterocycles. The van der Waals surface area contributed by atoms with Gasteiger partial charge in [-0.25, -0.2) is 14.8 Å². The van der Waals surface area contributed by atoms with Crippen LogP contribution in [0, 0.1) is 6.92 Å². The van der Waals surface area contributed by atoms with Crippen LogP contribution >= 0.6 is 0 Å². The summed E-state index contributed by atoms with van der Waals surface area (Å²) in [7, 11) is 0. The first-order valence-electron chi connectivity index (χ1n) is 11.1. The van der Waals surface area contributed by atoms with Crippen molar-refractivity contribution >= 4 is 5.97 Å². The summed E-state index contributed by atoms with van der Waals surface area (Å²) in [6.45, 7) is 2.07. The number of aliphatic carboxylic acids is 1. The second-order valence-electron chi connectivity index (χ2n) is 7.87. The van der Waals surface area contributed by atoms with Crippen LogP contribution in [0.2, 0.25) is 0 Å². The van der Waals surface area contributed by atoms with Crippen LogP contribution in [-0.4, -0.2) is 33.8 Å². The van der Waals surface area contributed by atoms with E-state index in [-0.39, 0.29) is 12.6 Å². The van der Waals surface area contributed by atoms with E-state index in [4.69, 9.17) is 9.47 Å². The van der Waals surface area contributed by atoms with E-state index in [9.17, 15) is 9.90 Å². The first-order chi connectivity index (χ1) is 16.6. The van der Waals surface area contributed by atoms with Gasteiger partial charge in [-0.2, -0.15) is 0 Å². The minimum atomic E-state index is -1.45. The number of benzene rings is 3. The van der Waals surface area contributed by atoms with Gasteiger partial charge in [0.15, 0.2) is 5.60 Å². The molecule has 6 heteroatoms. The molecule has 1 N–H and O–H groups in total. The van der Waals surface area contributed by atoms with Crippen LogP contribution in [0.25, 0.3) is 0 Å². The van der Waals surface area contributed by atoms with Crippen LogP contribution in [0.3, 0.4) is 0 Å². The SMILES string of the molecule is Cc1ccnc(O[C@@H](C(=O)O)C(OCCc2ccccc2)(c2ccccc2)c2ccccc2)n1. The number of hydrogen-bond acceptors (Lipinski definition) is 5. The minimum Gasteiger partial charge on any atom is -0.478 e. The van der Waals surface area contributed by atoms with E-state index in [0.29, 0.717) is 23.2 Å². The quantitative estimate of drug-likeness (QED) is 0.370. The summed E-state index contributed by atoms with van der Waals surface area (Å²) in [6.07, 6.45) is 0.699. The van der Waals surface area contributed by atoms with E-state index >= 15 is 0 Å². The van der Waals surface area contributed by atoms with Crippen LogP contribution in [0.1, 0.15) is 22.4 Å². The van der Waals surface area contributed by atoms with Gasteiger partial charge in [0.05, 0.1) is 6.61 Å². The Balaban J connectivity index is 1.82. The van der Waals surface area contributed by atoms with Gasteiger partial charge in [0.2, 0.25) is 6.10 Å². The monoisotopic (exact) mass is 454 g/mol. The maximum atomic E-state index is 12.8. The topological polar surface area (TPSA) is 81.5 Å². The third kappa shape index (κ3) is 5.13. The summed E-state index contributed by atoms with van der Waals surface area (Å²) in [5.74, 6) is -1.18. The zero-order valence-corrected chi connectivity index (χ0v) is 18.9. The van der Waals surface area contributed by atoms with Crippen LogP contribution in [0.5, 0.6) is 6.01 Å². The maximum absolute atomic E-state index is 12.8. The Kier molecular flexibility index (Phi) is 7.30. The van der Waals surface area contributed by atoms with E-state index in [1.807, 2.05) is 91.0 Å². The van der Waals surface area contributed by atoms with Gasteiger partial charge < -0.3 is 14.6 Å². The molecule has 0 saturated heterocycles. The number of hydrogen-bond donors (Lipinski definition) is 1. The molecule has 1 heterocycles. The molecule has 4 rings (SSSR count). The fourth-order valence-corrected chi connectivity index (χ4v) is 3.95. The van der Waals surface area contributed by atoms with Crippen LogP contribution in [-0.2, 0) is 21.6 Å². The van der Waals surface area contributed by atoms with Crippen LogP contribution in [0.4, 0.5) is 0 Å². The third-order valence-electron chi connectivity index (χ3n) is 5.56. The highest BCUT2D eigenvalue weighted by Crippen LogP contribution is 2.39. The van der Waals surface area contributed by atoms with Crippen molar-refractivity contribution in [1.82, 2.24) is 9.97 Å². The van der Waals surface area contributed by atoms with Crippen LogP contribution < -0.4 is 4.74 Å². The molecule has 0 aliphatic rings. The van der Waals surface area contributed by atoms with E-state index in [1.165, 1.54) is 0 Å². The molecule has 4 aromatic rings. The molecular formula is C28H26N2O4. The minimum absolute atomic E-state index is 0.0182. The number of carboxylic acid groups (broad SMARTS) is 1. The Morgan fingerprint density at radius 2 is 1.44 bits per heavy atom. The van der Waals surface area contributed by atoms with Gasteiger partial charge in [-0.05, 0) is 36.1 Å². The Morgan fingerprint density at radius 3 is 1.97 bits per heavy atom. The molecule has 0 aliphatic carbocycles. The highest BCUT2D eigenvalue weighted by Gasteiger charge is 2.50. The Hall–Kier alpha value is -4.03. The summed E-state index contributed by atoms with van der Waals surface area (Å²) in [5, 5.41) is 10.4. The Labute approximate surface area is 198 Å². The molecule has 34 heavy (non-hydrogen) atoms. The Bertz CT molecular complexity index is 1160. The first kappa shape index (κ1) is 23.1. The summed E-state index contributed by atoms with van der Waals surface area (Å²) in [6, 6.07) is 30.2. The fourth-order valence-electron chi connectivity index (χ4n) is 3.95. The van der Waals surface area contributed by atoms with Gasteiger partial charge in [-0.3, -0.25) is 0 Å². The van der Waals surface area contributed by atoms with E-state index in [1.54, 1.807) is 19.2 Å². The van der Waals surface area contributed by atoms with Crippen molar-refractivity contribution in [2.45, 2.75) is 25.0 Å². The number of carboxylic acids is 1. The largest absolute Gasteiger partial charge is 0.478 e. The lowest BCUT2D eigenvalue weighted by Crippen LogP contribution is -2.51. The van der Waals surface area contributed by atoms with E-state index in [2.05, 4.69) is 9.97 Å². The predicted octanol–water partition coefficient (Wildman–Crippen LogP) is 4.82. The number of carbonyl (C=O) groups is 1. The molecule has 172 valence electrons. The zero-order valence-electron chi connectivity index (χ0n) is 18.9. The molecule has 0 amide bonds. The summed E-state index contributed by atoms with van der Waals surface area (Å²) < 4.78 is 12.6. The molecule has 0 unspecified atom stereocenters. The number of rotatable bonds is 10. The number of ether oxygens (including phenoxy) is 2. The average Bonchev–Trinajstić information content (AvgIpc) is 2.87. The molecule has 6 nitrogen and oxygen atoms in total. The molecule has 0 saturated carbocycles. The van der Waals surface area contributed by atoms with Gasteiger partial charge in [0, 0.05) is 11.9 Å². The zero-order chi connectivity index (χ0) is 23.8. The molecule has 0 aliphatic heterocycles. The molecular weight excluding hydrogens is 428 g/mol. The van der Waals surface area contributed by atoms with Crippen molar-refractivity contribution in [3.05, 3.63) is 126 Å². The lowest BCUT2D eigenvalue weighted by molar-refractivity contribution is -0.164. The Morgan fingerprint density at radius 1 is 0.882 bits per heavy atom. The number of aryl methyl sites for hydroxylation is 1. The number of aromatic nitrogens is 2. The molecule has 0 radical (unpaired) electrons. The highest BCUT2D eigenvalue weighted by molar-refractivity contribution is 5.76. The lowest BCUT2D eigenvalue weighted by Gasteiger charge is -2.39. The van der Waals surface area contributed by atoms with Gasteiger partial charge in [-0.15, -0.1) is 0 Å². The highest BCUT2D eigenvalue weighted by atomic mass is 16.6. The van der Waals surface area contributed by atoms with Crippen molar-refractivity contribution < 1.29 is 19.4 Å². The predicted molar refractivity (Wildman–Crippen MR) is 129 cm³/mol. The third-order valence-corrected chi connectivity index (χ3v) is 5.56. The summed E-state index contributed by atoms with van der Waals surface area (Å²) in [4.78, 5) is 21.2. The second-order valence-corrected chi connectivity index (χ2v) is 7.87. The average molecular weight is 455 g/mol. The fraction of sp³-hybridized carbons (Fsp3) is 0.179. The van der Waals surface area contributed by atoms with Gasteiger partial charge in [0.1, 0.15) is 0 Å². The smallest absolute Gasteiger partial charge is 0.348 e. The van der Waals surface area contributed by atoms with Gasteiger partial charge in [-0.1, -0.05) is 91.0 Å². The van der Waals surface area contributed by atoms with E-state index < -0.39 is 17.7 Å². The van der Waals surface area contributed by atoms with Crippen molar-refractivity contribution in [2.75, 3.05) is 6.61 Å². The second kappa shape index (κ2) is 10.7. The molecule has 0 bridgehead atoms. The van der Waals surface area contributed by atoms with Gasteiger partial charge >= 0.3 is 12.0 Å². The lowest BCUT2D eigenvalue weighted by atomic mass is 9.81. The molecule has 0 fully saturated rings. The maximum Gasteiger partial charge on any atom is 0.348 e. The van der Waals surface area contributed by atoms with Crippen molar-refractivity contribution in [3.63, 3.8) is 0 Å². The van der Waals surface area contributed by atoms with Crippen molar-refractivity contribution in [1.29, 1.82) is 0 Å². The van der Waals surface area contributed by atoms with Crippen LogP contribution in [0.15, 0.2) is 103 Å². The van der Waals surface area contributed by atoms with Crippen molar-refractivity contribution in [2.24, 2.45) is 0 Å². The molecule has 0 spiro atoms.